The summed E-state index contributed by atoms with van der Waals surface area (Å²) in [7, 11) is 0. The number of nitrogens with zero attached hydrogens (tertiary/aromatic N) is 4. The van der Waals surface area contributed by atoms with E-state index in [1.165, 1.54) is 22.0 Å². The molecule has 5 aromatic rings. The van der Waals surface area contributed by atoms with Gasteiger partial charge < -0.3 is 9.72 Å². The van der Waals surface area contributed by atoms with Gasteiger partial charge in [-0.2, -0.15) is 9.97 Å². The second-order valence-corrected chi connectivity index (χ2v) is 7.62. The Hall–Kier alpha value is -3.23. The monoisotopic (exact) mass is 423 g/mol. The maximum absolute atomic E-state index is 12.1. The third kappa shape index (κ3) is 3.37. The highest BCUT2D eigenvalue weighted by Gasteiger charge is 2.14. The number of rotatable bonds is 5. The van der Waals surface area contributed by atoms with E-state index in [0.717, 1.165) is 16.5 Å². The number of aromatic nitrogens is 5. The van der Waals surface area contributed by atoms with Crippen LogP contribution in [0.2, 0.25) is 5.02 Å². The molecule has 1 aromatic carbocycles. The van der Waals surface area contributed by atoms with Crippen LogP contribution in [-0.4, -0.2) is 31.1 Å². The molecule has 0 saturated heterocycles. The number of aromatic amines is 1. The first-order valence-electron chi connectivity index (χ1n) is 8.86. The van der Waals surface area contributed by atoms with E-state index in [0.29, 0.717) is 34.3 Å². The minimum atomic E-state index is -0.210. The summed E-state index contributed by atoms with van der Waals surface area (Å²) >= 11 is 7.50. The van der Waals surface area contributed by atoms with Crippen LogP contribution >= 0.6 is 22.9 Å². The summed E-state index contributed by atoms with van der Waals surface area (Å²) in [5, 5.41) is 1.76. The molecule has 0 fully saturated rings. The highest BCUT2D eigenvalue weighted by molar-refractivity contribution is 7.16. The van der Waals surface area contributed by atoms with Crippen molar-refractivity contribution in [3.63, 3.8) is 0 Å². The smallest absolute Gasteiger partial charge is 0.257 e. The third-order valence-electron chi connectivity index (χ3n) is 4.53. The van der Waals surface area contributed by atoms with E-state index in [-0.39, 0.29) is 11.5 Å². The number of benzene rings is 1. The standard InChI is InChI=1S/C20H14ClN5O2S/c21-13-4-5-15-14(9-13)12(10-22-15)6-8-28-18-17-19(29-11-23-17)25-20(24-18)26-7-2-1-3-16(26)27/h1-5,7,9-11,22H,6,8H2. The number of thiazole rings is 1. The van der Waals surface area contributed by atoms with E-state index in [2.05, 4.69) is 19.9 Å². The van der Waals surface area contributed by atoms with Crippen molar-refractivity contribution in [1.82, 2.24) is 24.5 Å². The van der Waals surface area contributed by atoms with Crippen LogP contribution in [0.4, 0.5) is 0 Å². The molecule has 0 radical (unpaired) electrons. The van der Waals surface area contributed by atoms with Crippen molar-refractivity contribution in [3.8, 4) is 11.8 Å². The lowest BCUT2D eigenvalue weighted by molar-refractivity contribution is 0.312. The fourth-order valence-electron chi connectivity index (χ4n) is 3.14. The molecule has 29 heavy (non-hydrogen) atoms. The van der Waals surface area contributed by atoms with Gasteiger partial charge in [0.1, 0.15) is 0 Å². The number of fused-ring (bicyclic) bond motifs is 2. The molecule has 7 nitrogen and oxygen atoms in total. The Kier molecular flexibility index (Phi) is 4.49. The molecule has 4 aromatic heterocycles. The van der Waals surface area contributed by atoms with Crippen LogP contribution in [0.1, 0.15) is 5.56 Å². The van der Waals surface area contributed by atoms with Gasteiger partial charge in [0.15, 0.2) is 10.3 Å². The first-order chi connectivity index (χ1) is 14.2. The Labute approximate surface area is 173 Å². The van der Waals surface area contributed by atoms with Crippen LogP contribution in [0.15, 0.2) is 59.1 Å². The third-order valence-corrected chi connectivity index (χ3v) is 5.49. The van der Waals surface area contributed by atoms with E-state index < -0.39 is 0 Å². The van der Waals surface area contributed by atoms with Crippen LogP contribution in [0.5, 0.6) is 5.88 Å². The zero-order valence-electron chi connectivity index (χ0n) is 15.0. The normalized spacial score (nSPS) is 11.3. The van der Waals surface area contributed by atoms with Gasteiger partial charge in [0, 0.05) is 40.8 Å². The maximum Gasteiger partial charge on any atom is 0.257 e. The Balaban J connectivity index is 1.44. The van der Waals surface area contributed by atoms with Crippen LogP contribution in [0, 0.1) is 0 Å². The molecule has 0 amide bonds. The van der Waals surface area contributed by atoms with Gasteiger partial charge in [-0.3, -0.25) is 9.36 Å². The van der Waals surface area contributed by atoms with Crippen molar-refractivity contribution in [3.05, 3.63) is 75.2 Å². The zero-order chi connectivity index (χ0) is 19.8. The van der Waals surface area contributed by atoms with E-state index in [4.69, 9.17) is 16.3 Å². The SMILES string of the molecule is O=c1ccccn1-c1nc(OCCc2c[nH]c3ccc(Cl)cc23)c2ncsc2n1. The van der Waals surface area contributed by atoms with Gasteiger partial charge in [-0.05, 0) is 29.8 Å². The van der Waals surface area contributed by atoms with Crippen molar-refractivity contribution < 1.29 is 4.74 Å². The topological polar surface area (TPSA) is 85.7 Å². The molecule has 0 spiro atoms. The molecule has 0 unspecified atom stereocenters. The molecular weight excluding hydrogens is 410 g/mol. The average Bonchev–Trinajstić information content (AvgIpc) is 3.35. The Morgan fingerprint density at radius 3 is 3.03 bits per heavy atom. The average molecular weight is 424 g/mol. The molecule has 0 aliphatic carbocycles. The lowest BCUT2D eigenvalue weighted by Crippen LogP contribution is -2.18. The van der Waals surface area contributed by atoms with Crippen molar-refractivity contribution in [2.75, 3.05) is 6.61 Å². The number of H-pyrrole nitrogens is 1. The number of hydrogen-bond donors (Lipinski definition) is 1. The second-order valence-electron chi connectivity index (χ2n) is 6.35. The Morgan fingerprint density at radius 1 is 1.21 bits per heavy atom. The number of hydrogen-bond acceptors (Lipinski definition) is 6. The fraction of sp³-hybridized carbons (Fsp3) is 0.100. The summed E-state index contributed by atoms with van der Waals surface area (Å²) in [6, 6.07) is 10.6. The molecule has 144 valence electrons. The van der Waals surface area contributed by atoms with Crippen LogP contribution in [0.3, 0.4) is 0 Å². The highest BCUT2D eigenvalue weighted by atomic mass is 35.5. The van der Waals surface area contributed by atoms with Crippen LogP contribution in [0.25, 0.3) is 27.2 Å². The fourth-order valence-corrected chi connectivity index (χ4v) is 3.96. The number of ether oxygens (including phenoxy) is 1. The molecule has 9 heteroatoms. The maximum atomic E-state index is 12.1. The van der Waals surface area contributed by atoms with Gasteiger partial charge in [-0.15, -0.1) is 11.3 Å². The molecule has 1 N–H and O–H groups in total. The van der Waals surface area contributed by atoms with Crippen LogP contribution in [-0.2, 0) is 6.42 Å². The lowest BCUT2D eigenvalue weighted by Gasteiger charge is -2.08. The molecule has 5 rings (SSSR count). The van der Waals surface area contributed by atoms with Crippen molar-refractivity contribution in [1.29, 1.82) is 0 Å². The molecular formula is C20H14ClN5O2S. The Bertz CT molecular complexity index is 1390. The number of pyridine rings is 1. The van der Waals surface area contributed by atoms with Gasteiger partial charge in [0.25, 0.3) is 5.56 Å². The van der Waals surface area contributed by atoms with Gasteiger partial charge >= 0.3 is 0 Å². The predicted molar refractivity (Wildman–Crippen MR) is 113 cm³/mol. The van der Waals surface area contributed by atoms with Gasteiger partial charge in [0.2, 0.25) is 11.8 Å². The quantitative estimate of drug-likeness (QED) is 0.462. The van der Waals surface area contributed by atoms with Gasteiger partial charge in [0.05, 0.1) is 12.1 Å². The highest BCUT2D eigenvalue weighted by Crippen LogP contribution is 2.26. The van der Waals surface area contributed by atoms with Crippen molar-refractivity contribution in [2.24, 2.45) is 0 Å². The largest absolute Gasteiger partial charge is 0.476 e. The lowest BCUT2D eigenvalue weighted by atomic mass is 10.1. The Morgan fingerprint density at radius 2 is 2.14 bits per heavy atom. The minimum Gasteiger partial charge on any atom is -0.476 e. The number of halogens is 1. The second kappa shape index (κ2) is 7.31. The number of nitrogens with one attached hydrogen (secondary N) is 1. The van der Waals surface area contributed by atoms with Gasteiger partial charge in [-0.1, -0.05) is 17.7 Å². The molecule has 0 aliphatic heterocycles. The summed E-state index contributed by atoms with van der Waals surface area (Å²) in [6.07, 6.45) is 4.25. The summed E-state index contributed by atoms with van der Waals surface area (Å²) in [6.45, 7) is 0.395. The first kappa shape index (κ1) is 17.8. The summed E-state index contributed by atoms with van der Waals surface area (Å²) in [5.41, 5.74) is 4.19. The summed E-state index contributed by atoms with van der Waals surface area (Å²) in [4.78, 5) is 29.2. The first-order valence-corrected chi connectivity index (χ1v) is 10.1. The van der Waals surface area contributed by atoms with E-state index in [1.54, 1.807) is 23.8 Å². The van der Waals surface area contributed by atoms with Gasteiger partial charge in [-0.25, -0.2) is 4.98 Å². The van der Waals surface area contributed by atoms with Crippen molar-refractivity contribution >= 4 is 44.2 Å². The zero-order valence-corrected chi connectivity index (χ0v) is 16.6. The molecule has 0 aliphatic rings. The predicted octanol–water partition coefficient (Wildman–Crippen LogP) is 3.99. The molecule has 4 heterocycles. The van der Waals surface area contributed by atoms with E-state index >= 15 is 0 Å². The summed E-state index contributed by atoms with van der Waals surface area (Å²) in [5.74, 6) is 0.626. The van der Waals surface area contributed by atoms with E-state index in [1.807, 2.05) is 24.4 Å². The minimum absolute atomic E-state index is 0.210. The molecule has 0 atom stereocenters. The van der Waals surface area contributed by atoms with Crippen molar-refractivity contribution in [2.45, 2.75) is 6.42 Å². The van der Waals surface area contributed by atoms with E-state index in [9.17, 15) is 4.79 Å². The van der Waals surface area contributed by atoms with Crippen LogP contribution < -0.4 is 10.3 Å². The molecule has 0 saturated carbocycles. The molecule has 0 bridgehead atoms. The summed E-state index contributed by atoms with van der Waals surface area (Å²) < 4.78 is 7.35.